The summed E-state index contributed by atoms with van der Waals surface area (Å²) in [7, 11) is 0. The fourth-order valence-electron chi connectivity index (χ4n) is 3.02. The van der Waals surface area contributed by atoms with Crippen LogP contribution < -0.4 is 15.4 Å². The standard InChI is InChI=1S/C25H20N4O2/c1-2-6-24(30)28-20-11-14-23-22(15-20)25(27-17-26-23)29-19-9-12-21(13-10-19)31-16-18-7-4-3-5-8-18/h3-15,17H,1,16H2,(H,28,30)(H,26,27,29). The smallest absolute Gasteiger partial charge is 0.256 e. The van der Waals surface area contributed by atoms with Crippen LogP contribution >= 0.6 is 0 Å². The average molecular weight is 408 g/mol. The van der Waals surface area contributed by atoms with Crippen LogP contribution in [0.1, 0.15) is 5.56 Å². The van der Waals surface area contributed by atoms with Crippen molar-refractivity contribution in [3.8, 4) is 5.75 Å². The van der Waals surface area contributed by atoms with Crippen molar-refractivity contribution in [1.29, 1.82) is 0 Å². The van der Waals surface area contributed by atoms with Crippen LogP contribution in [-0.2, 0) is 11.4 Å². The number of nitrogens with one attached hydrogen (secondary N) is 2. The zero-order chi connectivity index (χ0) is 21.5. The number of rotatable bonds is 7. The van der Waals surface area contributed by atoms with Crippen LogP contribution in [-0.4, -0.2) is 15.9 Å². The molecule has 152 valence electrons. The van der Waals surface area contributed by atoms with Crippen LogP contribution in [0.5, 0.6) is 5.75 Å². The first-order chi connectivity index (χ1) is 15.2. The minimum absolute atomic E-state index is 0.299. The van der Waals surface area contributed by atoms with E-state index in [4.69, 9.17) is 4.74 Å². The molecule has 0 unspecified atom stereocenters. The average Bonchev–Trinajstić information content (AvgIpc) is 2.80. The van der Waals surface area contributed by atoms with Gasteiger partial charge in [-0.3, -0.25) is 4.79 Å². The number of hydrogen-bond donors (Lipinski definition) is 2. The maximum absolute atomic E-state index is 11.8. The minimum Gasteiger partial charge on any atom is -0.489 e. The van der Waals surface area contributed by atoms with E-state index < -0.39 is 0 Å². The summed E-state index contributed by atoms with van der Waals surface area (Å²) in [6.45, 7) is 3.92. The Balaban J connectivity index is 1.49. The summed E-state index contributed by atoms with van der Waals surface area (Å²) in [5.41, 5.74) is 5.82. The van der Waals surface area contributed by atoms with E-state index in [9.17, 15) is 4.79 Å². The molecule has 0 aliphatic heterocycles. The Morgan fingerprint density at radius 2 is 1.77 bits per heavy atom. The van der Waals surface area contributed by atoms with Crippen molar-refractivity contribution in [2.24, 2.45) is 0 Å². The molecule has 6 heteroatoms. The molecule has 0 aliphatic rings. The normalized spacial score (nSPS) is 10.2. The molecule has 1 heterocycles. The van der Waals surface area contributed by atoms with Crippen LogP contribution in [0.25, 0.3) is 10.9 Å². The van der Waals surface area contributed by atoms with Gasteiger partial charge in [0.15, 0.2) is 0 Å². The van der Waals surface area contributed by atoms with E-state index in [2.05, 4.69) is 32.9 Å². The topological polar surface area (TPSA) is 76.1 Å². The number of ether oxygens (including phenoxy) is 1. The van der Waals surface area contributed by atoms with Crippen molar-refractivity contribution >= 4 is 34.0 Å². The lowest BCUT2D eigenvalue weighted by Crippen LogP contribution is -2.07. The molecule has 0 saturated carbocycles. The third-order valence-electron chi connectivity index (χ3n) is 4.50. The molecule has 4 aromatic rings. The Morgan fingerprint density at radius 3 is 2.55 bits per heavy atom. The molecular weight excluding hydrogens is 388 g/mol. The molecule has 0 bridgehead atoms. The van der Waals surface area contributed by atoms with Crippen LogP contribution in [0.15, 0.2) is 97.5 Å². The quantitative estimate of drug-likeness (QED) is 0.323. The van der Waals surface area contributed by atoms with Gasteiger partial charge in [0.2, 0.25) is 0 Å². The number of aromatic nitrogens is 2. The van der Waals surface area contributed by atoms with Gasteiger partial charge in [-0.15, -0.1) is 5.73 Å². The van der Waals surface area contributed by atoms with E-state index in [1.807, 2.05) is 66.7 Å². The van der Waals surface area contributed by atoms with Gasteiger partial charge in [0, 0.05) is 22.8 Å². The van der Waals surface area contributed by atoms with E-state index in [0.717, 1.165) is 27.9 Å². The fourth-order valence-corrected chi connectivity index (χ4v) is 3.02. The molecule has 0 fully saturated rings. The van der Waals surface area contributed by atoms with E-state index in [0.29, 0.717) is 18.1 Å². The number of amides is 1. The van der Waals surface area contributed by atoms with Crippen LogP contribution in [0.4, 0.5) is 17.2 Å². The van der Waals surface area contributed by atoms with Gasteiger partial charge in [0.25, 0.3) is 5.91 Å². The van der Waals surface area contributed by atoms with E-state index >= 15 is 0 Å². The van der Waals surface area contributed by atoms with Gasteiger partial charge in [0.05, 0.1) is 5.52 Å². The zero-order valence-corrected chi connectivity index (χ0v) is 16.7. The molecule has 0 atom stereocenters. The second-order valence-corrected chi connectivity index (χ2v) is 6.72. The van der Waals surface area contributed by atoms with Gasteiger partial charge >= 0.3 is 0 Å². The maximum Gasteiger partial charge on any atom is 0.256 e. The second-order valence-electron chi connectivity index (χ2n) is 6.72. The van der Waals surface area contributed by atoms with Crippen molar-refractivity contribution in [3.05, 3.63) is 103 Å². The number of carbonyl (C=O) groups is 1. The molecule has 3 aromatic carbocycles. The summed E-state index contributed by atoms with van der Waals surface area (Å²) in [5, 5.41) is 6.85. The largest absolute Gasteiger partial charge is 0.489 e. The molecule has 6 nitrogen and oxygen atoms in total. The highest BCUT2D eigenvalue weighted by molar-refractivity contribution is 6.01. The Bertz CT molecular complexity index is 1250. The van der Waals surface area contributed by atoms with Crippen LogP contribution in [0.2, 0.25) is 0 Å². The highest BCUT2D eigenvalue weighted by Gasteiger charge is 2.07. The third-order valence-corrected chi connectivity index (χ3v) is 4.50. The third kappa shape index (κ3) is 5.15. The predicted molar refractivity (Wildman–Crippen MR) is 122 cm³/mol. The van der Waals surface area contributed by atoms with Crippen molar-refractivity contribution < 1.29 is 9.53 Å². The highest BCUT2D eigenvalue weighted by Crippen LogP contribution is 2.27. The highest BCUT2D eigenvalue weighted by atomic mass is 16.5. The Kier molecular flexibility index (Phi) is 6.02. The molecule has 4 rings (SSSR count). The van der Waals surface area contributed by atoms with E-state index in [-0.39, 0.29) is 5.91 Å². The minimum atomic E-state index is -0.299. The molecular formula is C25H20N4O2. The van der Waals surface area contributed by atoms with Crippen molar-refractivity contribution in [3.63, 3.8) is 0 Å². The Morgan fingerprint density at radius 1 is 1.00 bits per heavy atom. The molecule has 1 aromatic heterocycles. The summed E-state index contributed by atoms with van der Waals surface area (Å²) in [5.74, 6) is 1.12. The number of carbonyl (C=O) groups excluding carboxylic acids is 1. The van der Waals surface area contributed by atoms with E-state index in [1.54, 1.807) is 6.07 Å². The van der Waals surface area contributed by atoms with Crippen molar-refractivity contribution in [2.45, 2.75) is 6.61 Å². The van der Waals surface area contributed by atoms with Gasteiger partial charge in [0.1, 0.15) is 24.5 Å². The lowest BCUT2D eigenvalue weighted by Gasteiger charge is -2.11. The first-order valence-corrected chi connectivity index (χ1v) is 9.67. The maximum atomic E-state index is 11.8. The van der Waals surface area contributed by atoms with Gasteiger partial charge in [-0.05, 0) is 48.0 Å². The molecule has 31 heavy (non-hydrogen) atoms. The summed E-state index contributed by atoms with van der Waals surface area (Å²) < 4.78 is 5.83. The molecule has 0 radical (unpaired) electrons. The lowest BCUT2D eigenvalue weighted by atomic mass is 10.2. The monoisotopic (exact) mass is 408 g/mol. The number of nitrogens with zero attached hydrogens (tertiary/aromatic N) is 2. The first kappa shape index (κ1) is 19.9. The SMILES string of the molecule is C=C=CC(=O)Nc1ccc2ncnc(Nc3ccc(OCc4ccccc4)cc3)c2c1. The van der Waals surface area contributed by atoms with Crippen molar-refractivity contribution in [2.75, 3.05) is 10.6 Å². The summed E-state index contributed by atoms with van der Waals surface area (Å²) in [4.78, 5) is 20.4. The first-order valence-electron chi connectivity index (χ1n) is 9.67. The summed E-state index contributed by atoms with van der Waals surface area (Å²) >= 11 is 0. The molecule has 0 spiro atoms. The molecule has 1 amide bonds. The van der Waals surface area contributed by atoms with Crippen LogP contribution in [0, 0.1) is 0 Å². The zero-order valence-electron chi connectivity index (χ0n) is 16.7. The molecule has 0 saturated heterocycles. The number of fused-ring (bicyclic) bond motifs is 1. The fraction of sp³-hybridized carbons (Fsp3) is 0.0400. The Hall–Kier alpha value is -4.41. The van der Waals surface area contributed by atoms with Gasteiger partial charge in [-0.25, -0.2) is 9.97 Å². The lowest BCUT2D eigenvalue weighted by molar-refractivity contribution is -0.111. The van der Waals surface area contributed by atoms with Gasteiger partial charge < -0.3 is 15.4 Å². The number of benzene rings is 3. The van der Waals surface area contributed by atoms with Crippen LogP contribution in [0.3, 0.4) is 0 Å². The Labute approximate surface area is 179 Å². The van der Waals surface area contributed by atoms with Crippen molar-refractivity contribution in [1.82, 2.24) is 9.97 Å². The molecule has 2 N–H and O–H groups in total. The summed E-state index contributed by atoms with van der Waals surface area (Å²) in [6.07, 6.45) is 2.74. The van der Waals surface area contributed by atoms with E-state index in [1.165, 1.54) is 12.4 Å². The molecule has 0 aliphatic carbocycles. The van der Waals surface area contributed by atoms with Gasteiger partial charge in [-0.2, -0.15) is 0 Å². The van der Waals surface area contributed by atoms with Gasteiger partial charge in [-0.1, -0.05) is 36.9 Å². The second kappa shape index (κ2) is 9.39. The summed E-state index contributed by atoms with van der Waals surface area (Å²) in [6, 6.07) is 23.1. The predicted octanol–water partition coefficient (Wildman–Crippen LogP) is 5.23. The number of hydrogen-bond acceptors (Lipinski definition) is 5. The number of anilines is 3.